The standard InChI is InChI=1S/C16H29NO5/c1-16(2,3)14-10-11(4-5-17(14)15(19)20)22-13-8-12(9-13)21-7-6-18/h11-14,18H,4-10H2,1-3H3,(H,19,20). The third kappa shape index (κ3) is 4.33. The molecule has 2 atom stereocenters. The zero-order chi connectivity index (χ0) is 16.3. The molecule has 1 amide bonds. The van der Waals surface area contributed by atoms with Gasteiger partial charge in [-0.25, -0.2) is 4.79 Å². The molecule has 22 heavy (non-hydrogen) atoms. The predicted molar refractivity (Wildman–Crippen MR) is 81.9 cm³/mol. The summed E-state index contributed by atoms with van der Waals surface area (Å²) in [6.45, 7) is 7.23. The lowest BCUT2D eigenvalue weighted by Crippen LogP contribution is -2.54. The first-order chi connectivity index (χ1) is 10.3. The lowest BCUT2D eigenvalue weighted by molar-refractivity contribution is -0.144. The average Bonchev–Trinajstić information content (AvgIpc) is 2.39. The Kier molecular flexibility index (Phi) is 5.69. The van der Waals surface area contributed by atoms with Gasteiger partial charge in [-0.15, -0.1) is 0 Å². The maximum absolute atomic E-state index is 11.4. The lowest BCUT2D eigenvalue weighted by atomic mass is 9.79. The number of hydrogen-bond acceptors (Lipinski definition) is 4. The number of ether oxygens (including phenoxy) is 2. The molecule has 1 aliphatic heterocycles. The van der Waals surface area contributed by atoms with Crippen LogP contribution in [0.3, 0.4) is 0 Å². The van der Waals surface area contributed by atoms with Crippen molar-refractivity contribution in [2.24, 2.45) is 5.41 Å². The van der Waals surface area contributed by atoms with E-state index in [1.807, 2.05) is 0 Å². The second kappa shape index (κ2) is 7.15. The van der Waals surface area contributed by atoms with Crippen LogP contribution >= 0.6 is 0 Å². The van der Waals surface area contributed by atoms with E-state index in [4.69, 9.17) is 14.6 Å². The highest BCUT2D eigenvalue weighted by molar-refractivity contribution is 5.65. The Balaban J connectivity index is 1.81. The molecule has 2 rings (SSSR count). The van der Waals surface area contributed by atoms with E-state index in [1.54, 1.807) is 4.90 Å². The first-order valence-corrected chi connectivity index (χ1v) is 8.18. The Bertz CT molecular complexity index is 375. The van der Waals surface area contributed by atoms with Gasteiger partial charge in [0.15, 0.2) is 0 Å². The molecule has 0 spiro atoms. The molecule has 0 bridgehead atoms. The highest BCUT2D eigenvalue weighted by atomic mass is 16.5. The Morgan fingerprint density at radius 2 is 1.86 bits per heavy atom. The number of rotatable bonds is 5. The molecule has 128 valence electrons. The van der Waals surface area contributed by atoms with Gasteiger partial charge in [0.2, 0.25) is 0 Å². The summed E-state index contributed by atoms with van der Waals surface area (Å²) >= 11 is 0. The molecule has 1 aliphatic carbocycles. The molecule has 0 radical (unpaired) electrons. The predicted octanol–water partition coefficient (Wildman–Crippen LogP) is 2.10. The molecule has 2 aliphatic rings. The van der Waals surface area contributed by atoms with Gasteiger partial charge in [0.1, 0.15) is 0 Å². The van der Waals surface area contributed by atoms with Crippen molar-refractivity contribution in [3.05, 3.63) is 0 Å². The average molecular weight is 315 g/mol. The van der Waals surface area contributed by atoms with Gasteiger partial charge >= 0.3 is 6.09 Å². The van der Waals surface area contributed by atoms with Crippen LogP contribution in [0, 0.1) is 5.41 Å². The van der Waals surface area contributed by atoms with E-state index in [2.05, 4.69) is 20.8 Å². The number of aliphatic hydroxyl groups is 1. The van der Waals surface area contributed by atoms with Crippen LogP contribution in [0.1, 0.15) is 46.5 Å². The van der Waals surface area contributed by atoms with Crippen molar-refractivity contribution in [2.45, 2.75) is 70.8 Å². The highest BCUT2D eigenvalue weighted by Crippen LogP contribution is 2.35. The van der Waals surface area contributed by atoms with Crippen molar-refractivity contribution in [3.8, 4) is 0 Å². The lowest BCUT2D eigenvalue weighted by Gasteiger charge is -2.46. The molecule has 6 nitrogen and oxygen atoms in total. The minimum atomic E-state index is -0.834. The summed E-state index contributed by atoms with van der Waals surface area (Å²) in [6, 6.07) is -0.00902. The maximum atomic E-state index is 11.4. The third-order valence-electron chi connectivity index (χ3n) is 4.68. The molecule has 2 N–H and O–H groups in total. The van der Waals surface area contributed by atoms with Crippen LogP contribution in [0.25, 0.3) is 0 Å². The van der Waals surface area contributed by atoms with E-state index in [9.17, 15) is 9.90 Å². The van der Waals surface area contributed by atoms with Crippen LogP contribution < -0.4 is 0 Å². The quantitative estimate of drug-likeness (QED) is 0.812. The number of likely N-dealkylation sites (tertiary alicyclic amines) is 1. The Morgan fingerprint density at radius 1 is 1.18 bits per heavy atom. The van der Waals surface area contributed by atoms with Crippen LogP contribution in [0.15, 0.2) is 0 Å². The molecule has 6 heteroatoms. The van der Waals surface area contributed by atoms with Crippen molar-refractivity contribution < 1.29 is 24.5 Å². The second-order valence-corrected chi connectivity index (χ2v) is 7.45. The smallest absolute Gasteiger partial charge is 0.407 e. The molecule has 2 unspecified atom stereocenters. The monoisotopic (exact) mass is 315 g/mol. The number of nitrogens with zero attached hydrogens (tertiary/aromatic N) is 1. The van der Waals surface area contributed by atoms with Crippen molar-refractivity contribution in [1.29, 1.82) is 0 Å². The van der Waals surface area contributed by atoms with E-state index in [-0.39, 0.29) is 36.4 Å². The molecule has 1 saturated carbocycles. The summed E-state index contributed by atoms with van der Waals surface area (Å²) in [5, 5.41) is 18.1. The topological polar surface area (TPSA) is 79.2 Å². The van der Waals surface area contributed by atoms with Crippen LogP contribution in [-0.2, 0) is 9.47 Å². The van der Waals surface area contributed by atoms with Crippen molar-refractivity contribution >= 4 is 6.09 Å². The minimum Gasteiger partial charge on any atom is -0.465 e. The normalized spacial score (nSPS) is 32.6. The fraction of sp³-hybridized carbons (Fsp3) is 0.938. The van der Waals surface area contributed by atoms with Crippen molar-refractivity contribution in [2.75, 3.05) is 19.8 Å². The van der Waals surface area contributed by atoms with Gasteiger partial charge in [0.25, 0.3) is 0 Å². The van der Waals surface area contributed by atoms with Gasteiger partial charge in [-0.2, -0.15) is 0 Å². The summed E-state index contributed by atoms with van der Waals surface area (Å²) in [4.78, 5) is 13.0. The van der Waals surface area contributed by atoms with Gasteiger partial charge in [-0.3, -0.25) is 0 Å². The zero-order valence-electron chi connectivity index (χ0n) is 13.8. The maximum Gasteiger partial charge on any atom is 0.407 e. The number of carbonyl (C=O) groups is 1. The van der Waals surface area contributed by atoms with E-state index in [1.165, 1.54) is 0 Å². The summed E-state index contributed by atoms with van der Waals surface area (Å²) in [6.07, 6.45) is 2.98. The van der Waals surface area contributed by atoms with Crippen LogP contribution in [0.2, 0.25) is 0 Å². The summed E-state index contributed by atoms with van der Waals surface area (Å²) < 4.78 is 11.6. The summed E-state index contributed by atoms with van der Waals surface area (Å²) in [7, 11) is 0. The number of aliphatic hydroxyl groups excluding tert-OH is 1. The molecule has 0 aromatic carbocycles. The second-order valence-electron chi connectivity index (χ2n) is 7.45. The SMILES string of the molecule is CC(C)(C)C1CC(OC2CC(OCCO)C2)CCN1C(=O)O. The Labute approximate surface area is 132 Å². The van der Waals surface area contributed by atoms with Gasteiger partial charge in [-0.05, 0) is 31.1 Å². The van der Waals surface area contributed by atoms with E-state index in [0.29, 0.717) is 13.2 Å². The molecule has 2 fully saturated rings. The van der Waals surface area contributed by atoms with Crippen LogP contribution in [0.4, 0.5) is 4.79 Å². The number of piperidine rings is 1. The number of hydrogen-bond donors (Lipinski definition) is 2. The molecular formula is C16H29NO5. The molecule has 0 aromatic rings. The van der Waals surface area contributed by atoms with Gasteiger partial charge in [0.05, 0.1) is 31.5 Å². The fourth-order valence-corrected chi connectivity index (χ4v) is 3.36. The van der Waals surface area contributed by atoms with Crippen LogP contribution in [-0.4, -0.2) is 65.3 Å². The zero-order valence-corrected chi connectivity index (χ0v) is 13.8. The van der Waals surface area contributed by atoms with Gasteiger partial charge < -0.3 is 24.6 Å². The number of carboxylic acid groups (broad SMARTS) is 1. The van der Waals surface area contributed by atoms with E-state index < -0.39 is 6.09 Å². The molecule has 1 heterocycles. The van der Waals surface area contributed by atoms with Crippen LogP contribution in [0.5, 0.6) is 0 Å². The Hall–Kier alpha value is -0.850. The van der Waals surface area contributed by atoms with E-state index in [0.717, 1.165) is 25.7 Å². The first-order valence-electron chi connectivity index (χ1n) is 8.18. The fourth-order valence-electron chi connectivity index (χ4n) is 3.36. The third-order valence-corrected chi connectivity index (χ3v) is 4.68. The highest BCUT2D eigenvalue weighted by Gasteiger charge is 2.41. The molecular weight excluding hydrogens is 286 g/mol. The first kappa shape index (κ1) is 17.5. The van der Waals surface area contributed by atoms with Crippen molar-refractivity contribution in [1.82, 2.24) is 4.90 Å². The van der Waals surface area contributed by atoms with Gasteiger partial charge in [-0.1, -0.05) is 20.8 Å². The van der Waals surface area contributed by atoms with E-state index >= 15 is 0 Å². The summed E-state index contributed by atoms with van der Waals surface area (Å²) in [5.41, 5.74) is -0.0905. The summed E-state index contributed by atoms with van der Waals surface area (Å²) in [5.74, 6) is 0. The molecule has 0 aromatic heterocycles. The van der Waals surface area contributed by atoms with Gasteiger partial charge in [0, 0.05) is 12.6 Å². The largest absolute Gasteiger partial charge is 0.465 e. The Morgan fingerprint density at radius 3 is 2.41 bits per heavy atom. The minimum absolute atomic E-state index is 0.00902. The van der Waals surface area contributed by atoms with Crippen molar-refractivity contribution in [3.63, 3.8) is 0 Å². The number of amides is 1. The molecule has 1 saturated heterocycles.